The number of hydrogen-bond acceptors (Lipinski definition) is 3. The highest BCUT2D eigenvalue weighted by Crippen LogP contribution is 2.18. The van der Waals surface area contributed by atoms with Gasteiger partial charge in [0, 0.05) is 12.7 Å². The lowest BCUT2D eigenvalue weighted by molar-refractivity contribution is -0.145. The van der Waals surface area contributed by atoms with Crippen molar-refractivity contribution in [3.05, 3.63) is 30.3 Å². The molecule has 1 unspecified atom stereocenters. The van der Waals surface area contributed by atoms with Crippen LogP contribution in [0, 0.1) is 0 Å². The van der Waals surface area contributed by atoms with Crippen LogP contribution in [0.5, 0.6) is 0 Å². The normalized spacial score (nSPS) is 18.6. The van der Waals surface area contributed by atoms with Crippen LogP contribution in [-0.2, 0) is 9.59 Å². The number of carbonyl (C=O) groups is 2. The molecule has 1 aliphatic heterocycles. The molecule has 0 bridgehead atoms. The summed E-state index contributed by atoms with van der Waals surface area (Å²) in [7, 11) is 1.72. The topological polar surface area (TPSA) is 60.9 Å². The number of aliphatic carboxylic acids is 1. The Morgan fingerprint density at radius 3 is 2.57 bits per heavy atom. The maximum atomic E-state index is 12.3. The lowest BCUT2D eigenvalue weighted by Gasteiger charge is -2.33. The summed E-state index contributed by atoms with van der Waals surface area (Å²) in [6, 6.07) is 8.84. The first-order valence-corrected chi connectivity index (χ1v) is 6.88. The number of amides is 1. The summed E-state index contributed by atoms with van der Waals surface area (Å²) in [5, 5.41) is 9.21. The molecule has 6 heteroatoms. The highest BCUT2D eigenvalue weighted by Gasteiger charge is 2.30. The number of rotatable bonds is 4. The Kier molecular flexibility index (Phi) is 6.65. The minimum absolute atomic E-state index is 0. The third kappa shape index (κ3) is 4.44. The molecule has 1 aromatic rings. The lowest BCUT2D eigenvalue weighted by Crippen LogP contribution is -2.49. The molecule has 116 valence electrons. The van der Waals surface area contributed by atoms with Crippen molar-refractivity contribution in [2.75, 3.05) is 25.0 Å². The highest BCUT2D eigenvalue weighted by atomic mass is 35.5. The summed E-state index contributed by atoms with van der Waals surface area (Å²) >= 11 is 0. The maximum absolute atomic E-state index is 12.3. The Morgan fingerprint density at radius 1 is 1.29 bits per heavy atom. The number of nitrogens with zero attached hydrogens (tertiary/aromatic N) is 2. The molecule has 0 saturated carbocycles. The van der Waals surface area contributed by atoms with E-state index in [0.29, 0.717) is 13.0 Å². The van der Waals surface area contributed by atoms with Crippen molar-refractivity contribution in [2.45, 2.75) is 25.3 Å². The smallest absolute Gasteiger partial charge is 0.320 e. The fourth-order valence-electron chi connectivity index (χ4n) is 2.54. The molecule has 1 heterocycles. The summed E-state index contributed by atoms with van der Waals surface area (Å²) in [5.74, 6) is -0.913. The summed E-state index contributed by atoms with van der Waals surface area (Å²) in [6.45, 7) is 0.827. The van der Waals surface area contributed by atoms with Gasteiger partial charge < -0.3 is 10.0 Å². The largest absolute Gasteiger partial charge is 0.480 e. The van der Waals surface area contributed by atoms with Gasteiger partial charge in [-0.25, -0.2) is 0 Å². The summed E-state index contributed by atoms with van der Waals surface area (Å²) in [5.41, 5.74) is 0.821. The molecule has 21 heavy (non-hydrogen) atoms. The van der Waals surface area contributed by atoms with Crippen LogP contribution in [0.2, 0.25) is 0 Å². The van der Waals surface area contributed by atoms with E-state index in [2.05, 4.69) is 0 Å². The average molecular weight is 313 g/mol. The van der Waals surface area contributed by atoms with E-state index in [0.717, 1.165) is 18.5 Å². The third-order valence-electron chi connectivity index (χ3n) is 3.75. The van der Waals surface area contributed by atoms with Gasteiger partial charge in [-0.15, -0.1) is 12.4 Å². The first-order valence-electron chi connectivity index (χ1n) is 6.88. The predicted octanol–water partition coefficient (Wildman–Crippen LogP) is 2.01. The minimum atomic E-state index is -0.833. The summed E-state index contributed by atoms with van der Waals surface area (Å²) < 4.78 is 0. The van der Waals surface area contributed by atoms with Crippen LogP contribution in [0.25, 0.3) is 0 Å². The number of benzene rings is 1. The first kappa shape index (κ1) is 17.5. The molecule has 1 N–H and O–H groups in total. The van der Waals surface area contributed by atoms with Gasteiger partial charge in [-0.1, -0.05) is 24.6 Å². The Bertz CT molecular complexity index is 481. The quantitative estimate of drug-likeness (QED) is 0.924. The van der Waals surface area contributed by atoms with Crippen LogP contribution in [0.4, 0.5) is 5.69 Å². The van der Waals surface area contributed by atoms with Crippen LogP contribution >= 0.6 is 12.4 Å². The molecule has 0 spiro atoms. The number of para-hydroxylation sites is 1. The lowest BCUT2D eigenvalue weighted by atomic mass is 10.0. The van der Waals surface area contributed by atoms with Gasteiger partial charge in [-0.2, -0.15) is 0 Å². The first-order chi connectivity index (χ1) is 9.59. The van der Waals surface area contributed by atoms with Gasteiger partial charge in [0.15, 0.2) is 0 Å². The SMILES string of the molecule is CN(C(=O)CN1CCCCC1C(=O)O)c1ccccc1.Cl. The third-order valence-corrected chi connectivity index (χ3v) is 3.75. The summed E-state index contributed by atoms with van der Waals surface area (Å²) in [4.78, 5) is 26.8. The maximum Gasteiger partial charge on any atom is 0.320 e. The Balaban J connectivity index is 0.00000220. The predicted molar refractivity (Wildman–Crippen MR) is 83.9 cm³/mol. The van der Waals surface area contributed by atoms with E-state index in [1.807, 2.05) is 30.3 Å². The molecule has 0 radical (unpaired) electrons. The monoisotopic (exact) mass is 312 g/mol. The van der Waals surface area contributed by atoms with Crippen LogP contribution in [0.15, 0.2) is 30.3 Å². The number of hydrogen-bond donors (Lipinski definition) is 1. The minimum Gasteiger partial charge on any atom is -0.480 e. The Labute approximate surface area is 131 Å². The van der Waals surface area contributed by atoms with E-state index < -0.39 is 12.0 Å². The van der Waals surface area contributed by atoms with Crippen molar-refractivity contribution >= 4 is 30.0 Å². The van der Waals surface area contributed by atoms with Crippen molar-refractivity contribution in [3.8, 4) is 0 Å². The van der Waals surface area contributed by atoms with Crippen LogP contribution in [-0.4, -0.2) is 48.1 Å². The number of likely N-dealkylation sites (tertiary alicyclic amines) is 1. The molecule has 5 nitrogen and oxygen atoms in total. The standard InChI is InChI=1S/C15H20N2O3.ClH/c1-16(12-7-3-2-4-8-12)14(18)11-17-10-6-5-9-13(17)15(19)20;/h2-4,7-8,13H,5-6,9-11H2,1H3,(H,19,20);1H. The van der Waals surface area contributed by atoms with E-state index >= 15 is 0 Å². The molecule has 1 aromatic carbocycles. The van der Waals surface area contributed by atoms with Crippen LogP contribution in [0.1, 0.15) is 19.3 Å². The summed E-state index contributed by atoms with van der Waals surface area (Å²) in [6.07, 6.45) is 2.49. The molecular weight excluding hydrogens is 292 g/mol. The van der Waals surface area contributed by atoms with Crippen LogP contribution < -0.4 is 4.90 Å². The highest BCUT2D eigenvalue weighted by molar-refractivity contribution is 5.94. The molecule has 1 aliphatic rings. The Morgan fingerprint density at radius 2 is 1.95 bits per heavy atom. The van der Waals surface area contributed by atoms with E-state index in [-0.39, 0.29) is 24.9 Å². The van der Waals surface area contributed by atoms with E-state index in [1.54, 1.807) is 16.8 Å². The van der Waals surface area contributed by atoms with Gasteiger partial charge in [0.1, 0.15) is 6.04 Å². The fourth-order valence-corrected chi connectivity index (χ4v) is 2.54. The number of carboxylic acids is 1. The van der Waals surface area contributed by atoms with Gasteiger partial charge in [0.2, 0.25) is 5.91 Å². The van der Waals surface area contributed by atoms with Crippen molar-refractivity contribution in [1.29, 1.82) is 0 Å². The number of likely N-dealkylation sites (N-methyl/N-ethyl adjacent to an activating group) is 1. The van der Waals surface area contributed by atoms with Gasteiger partial charge in [0.05, 0.1) is 6.54 Å². The van der Waals surface area contributed by atoms with Crippen molar-refractivity contribution in [2.24, 2.45) is 0 Å². The molecule has 1 amide bonds. The molecule has 0 aromatic heterocycles. The number of anilines is 1. The second kappa shape index (κ2) is 8.00. The zero-order chi connectivity index (χ0) is 14.5. The Hall–Kier alpha value is -1.59. The van der Waals surface area contributed by atoms with E-state index in [9.17, 15) is 14.7 Å². The van der Waals surface area contributed by atoms with Crippen molar-refractivity contribution in [3.63, 3.8) is 0 Å². The van der Waals surface area contributed by atoms with Crippen molar-refractivity contribution in [1.82, 2.24) is 4.90 Å². The number of carboxylic acid groups (broad SMARTS) is 1. The molecule has 1 saturated heterocycles. The second-order valence-electron chi connectivity index (χ2n) is 5.11. The van der Waals surface area contributed by atoms with Gasteiger partial charge in [-0.05, 0) is 31.5 Å². The molecule has 1 atom stereocenters. The zero-order valence-corrected chi connectivity index (χ0v) is 12.9. The van der Waals surface area contributed by atoms with Gasteiger partial charge >= 0.3 is 5.97 Å². The molecule has 0 aliphatic carbocycles. The molecular formula is C15H21ClN2O3. The molecule has 1 fully saturated rings. The van der Waals surface area contributed by atoms with E-state index in [1.165, 1.54) is 0 Å². The van der Waals surface area contributed by atoms with Crippen LogP contribution in [0.3, 0.4) is 0 Å². The number of halogens is 1. The second-order valence-corrected chi connectivity index (χ2v) is 5.11. The average Bonchev–Trinajstić information content (AvgIpc) is 2.47. The van der Waals surface area contributed by atoms with Crippen molar-refractivity contribution < 1.29 is 14.7 Å². The zero-order valence-electron chi connectivity index (χ0n) is 12.1. The van der Waals surface area contributed by atoms with Gasteiger partial charge in [-0.3, -0.25) is 14.5 Å². The van der Waals surface area contributed by atoms with Gasteiger partial charge in [0.25, 0.3) is 0 Å². The fraction of sp³-hybridized carbons (Fsp3) is 0.467. The van der Waals surface area contributed by atoms with E-state index in [4.69, 9.17) is 0 Å². The number of piperidine rings is 1. The molecule has 2 rings (SSSR count). The number of carbonyl (C=O) groups excluding carboxylic acids is 1.